The minimum Gasteiger partial charge on any atom is -0.462 e. The summed E-state index contributed by atoms with van der Waals surface area (Å²) < 4.78 is 56.8. The Morgan fingerprint density at radius 2 is 1.38 bits per heavy atom. The number of hydrogen-bond acceptors (Lipinski definition) is 16. The largest absolute Gasteiger partial charge is 0.481 e. The number of aliphatic hydroxyl groups excluding tert-OH is 3. The molecule has 7 N–H and O–H groups in total. The van der Waals surface area contributed by atoms with Gasteiger partial charge in [0, 0.05) is 19.0 Å². The van der Waals surface area contributed by atoms with Crippen molar-refractivity contribution < 1.29 is 71.4 Å². The van der Waals surface area contributed by atoms with Crippen molar-refractivity contribution in [2.45, 2.75) is 224 Å². The van der Waals surface area contributed by atoms with Crippen LogP contribution in [0.25, 0.3) is 0 Å². The number of carbonyl (C=O) groups is 2. The molecule has 0 aliphatic carbocycles. The maximum Gasteiger partial charge on any atom is 0.481 e. The molecule has 74 heavy (non-hydrogen) atoms. The molecule has 0 saturated carbocycles. The highest BCUT2D eigenvalue weighted by Gasteiger charge is 2.46. The van der Waals surface area contributed by atoms with Crippen LogP contribution in [0.15, 0.2) is 65.7 Å². The minimum absolute atomic E-state index is 0.0173. The molecule has 19 nitrogen and oxygen atoms in total. The van der Waals surface area contributed by atoms with Crippen LogP contribution in [-0.2, 0) is 46.3 Å². The van der Waals surface area contributed by atoms with Crippen molar-refractivity contribution in [1.29, 1.82) is 0 Å². The predicted octanol–water partition coefficient (Wildman–Crippen LogP) is 10.6. The molecule has 9 atom stereocenters. The monoisotopic (exact) mass is 1090 g/mol. The number of esters is 2. The molecular weight excluding hydrogens is 997 g/mol. The van der Waals surface area contributed by atoms with Crippen molar-refractivity contribution in [3.05, 3.63) is 71.4 Å². The van der Waals surface area contributed by atoms with Crippen LogP contribution < -0.4 is 11.4 Å². The Labute approximate surface area is 440 Å². The van der Waals surface area contributed by atoms with Gasteiger partial charge in [-0.1, -0.05) is 179 Å². The van der Waals surface area contributed by atoms with E-state index in [1.54, 1.807) is 6.08 Å². The number of nitrogens with zero attached hydrogens (tertiary/aromatic N) is 2. The van der Waals surface area contributed by atoms with Crippen molar-refractivity contribution in [2.75, 3.05) is 25.6 Å². The van der Waals surface area contributed by atoms with Crippen LogP contribution in [0.1, 0.15) is 194 Å². The number of phosphoric acid groups is 2. The lowest BCUT2D eigenvalue weighted by Crippen LogP contribution is -2.36. The van der Waals surface area contributed by atoms with Gasteiger partial charge in [-0.15, -0.1) is 0 Å². The zero-order chi connectivity index (χ0) is 54.5. The third-order valence-corrected chi connectivity index (χ3v) is 15.1. The fraction of sp³-hybridized carbons (Fsp3) is 0.736. The molecular formula is C53H91N3O16P2. The number of ether oxygens (including phenoxy) is 3. The van der Waals surface area contributed by atoms with Crippen LogP contribution in [0.3, 0.4) is 0 Å². The molecule has 1 saturated heterocycles. The smallest absolute Gasteiger partial charge is 0.462 e. The zero-order valence-electron chi connectivity index (χ0n) is 44.4. The lowest BCUT2D eigenvalue weighted by atomic mass is 9.99. The second-order valence-corrected chi connectivity index (χ2v) is 22.2. The van der Waals surface area contributed by atoms with E-state index in [9.17, 15) is 48.6 Å². The number of allylic oxidation sites excluding steroid dienone is 6. The summed E-state index contributed by atoms with van der Waals surface area (Å²) >= 11 is 0. The van der Waals surface area contributed by atoms with Crippen molar-refractivity contribution >= 4 is 33.4 Å². The molecule has 2 rings (SSSR count). The second kappa shape index (κ2) is 40.0. The molecule has 0 bridgehead atoms. The SMILES string of the molecule is CCCCC/C=C\C=C/[C@@H](O)C/C=C\C/C=C/CCCC(=O)OC[C@H](COP(=O)(O)OP(=O)(O)OC[C@H]1O[C@@H](n2ccc(N)nc2=O)[C@H](O)[C@@H]1O)OC(=O)CCCCCCCCCCCCCCCCC(C)CC. The molecule has 0 amide bonds. The first kappa shape index (κ1) is 66.8. The quantitative estimate of drug-likeness (QED) is 0.0116. The third-order valence-electron chi connectivity index (χ3n) is 12.5. The molecule has 0 aromatic carbocycles. The van der Waals surface area contributed by atoms with E-state index in [4.69, 9.17) is 29.0 Å². The molecule has 1 aliphatic heterocycles. The third kappa shape index (κ3) is 32.3. The standard InChI is InChI=1S/C53H91N3O16P2/c1-4-6-7-8-18-24-29-34-44(57)35-30-25-20-17-22-26-31-36-48(58)67-40-45(70-49(59)37-32-27-21-16-14-12-10-9-11-13-15-19-23-28-33-43(3)5-2)41-68-73(63,64)72-74(65,66)69-42-46-50(60)51(61)52(71-46)56-39-38-47(54)55-53(56)62/h17-18,22,24-25,29-30,34,38-39,43-46,50-52,57,60-61H,4-16,19-21,23,26-28,31-33,35-37,40-42H2,1-3H3,(H,63,64)(H,65,66)(H2,54,55,62)/b22-17+,24-18-,30-25-,34-29-/t43?,44-,45-,46-,50-,51-,52-/m1/s1. The van der Waals surface area contributed by atoms with Gasteiger partial charge in [-0.05, 0) is 56.9 Å². The molecule has 0 spiro atoms. The van der Waals surface area contributed by atoms with Gasteiger partial charge >= 0.3 is 33.3 Å². The molecule has 1 aromatic heterocycles. The Kier molecular flexibility index (Phi) is 36.1. The van der Waals surface area contributed by atoms with Crippen LogP contribution in [0.5, 0.6) is 0 Å². The number of aliphatic hydroxyl groups is 3. The van der Waals surface area contributed by atoms with Gasteiger partial charge in [0.1, 0.15) is 30.7 Å². The average molecular weight is 1090 g/mol. The highest BCUT2D eigenvalue weighted by atomic mass is 31.3. The number of anilines is 1. The zero-order valence-corrected chi connectivity index (χ0v) is 46.2. The summed E-state index contributed by atoms with van der Waals surface area (Å²) in [4.78, 5) is 62.0. The van der Waals surface area contributed by atoms with Gasteiger partial charge in [0.2, 0.25) is 0 Å². The van der Waals surface area contributed by atoms with E-state index in [2.05, 4.69) is 36.1 Å². The van der Waals surface area contributed by atoms with Crippen LogP contribution in [0.2, 0.25) is 0 Å². The van der Waals surface area contributed by atoms with E-state index in [1.165, 1.54) is 89.5 Å². The van der Waals surface area contributed by atoms with Crippen LogP contribution in [0, 0.1) is 5.92 Å². The Bertz CT molecular complexity index is 1960. The summed E-state index contributed by atoms with van der Waals surface area (Å²) in [5, 5.41) is 31.1. The second-order valence-electron chi connectivity index (χ2n) is 19.2. The summed E-state index contributed by atoms with van der Waals surface area (Å²) in [7, 11) is -10.9. The van der Waals surface area contributed by atoms with E-state index in [0.717, 1.165) is 55.2 Å². The number of rotatable bonds is 44. The molecule has 1 fully saturated rings. The number of hydrogen-bond donors (Lipinski definition) is 6. The van der Waals surface area contributed by atoms with E-state index < -0.39 is 89.8 Å². The molecule has 1 aliphatic rings. The molecule has 21 heteroatoms. The Morgan fingerprint density at radius 1 is 0.770 bits per heavy atom. The predicted molar refractivity (Wildman–Crippen MR) is 285 cm³/mol. The number of unbranched alkanes of at least 4 members (excludes halogenated alkanes) is 17. The molecule has 3 unspecified atom stereocenters. The maximum atomic E-state index is 12.9. The van der Waals surface area contributed by atoms with Crippen molar-refractivity contribution in [3.63, 3.8) is 0 Å². The van der Waals surface area contributed by atoms with Gasteiger partial charge in [-0.25, -0.2) is 13.9 Å². The number of aromatic nitrogens is 2. The molecule has 424 valence electrons. The summed E-state index contributed by atoms with van der Waals surface area (Å²) in [5.74, 6) is -0.567. The minimum atomic E-state index is -5.45. The van der Waals surface area contributed by atoms with Gasteiger partial charge in [-0.2, -0.15) is 9.29 Å². The maximum absolute atomic E-state index is 12.9. The first-order chi connectivity index (χ1) is 35.5. The van der Waals surface area contributed by atoms with Gasteiger partial charge in [0.25, 0.3) is 0 Å². The Morgan fingerprint density at radius 3 is 2.03 bits per heavy atom. The van der Waals surface area contributed by atoms with Gasteiger partial charge in [0.15, 0.2) is 12.3 Å². The van der Waals surface area contributed by atoms with E-state index in [-0.39, 0.29) is 18.7 Å². The molecule has 1 aromatic rings. The molecule has 2 heterocycles. The van der Waals surface area contributed by atoms with Crippen molar-refractivity contribution in [2.24, 2.45) is 5.92 Å². The summed E-state index contributed by atoms with van der Waals surface area (Å²) in [6.07, 6.45) is 33.5. The van der Waals surface area contributed by atoms with Crippen molar-refractivity contribution in [1.82, 2.24) is 9.55 Å². The van der Waals surface area contributed by atoms with Gasteiger partial charge < -0.3 is 45.1 Å². The highest BCUT2D eigenvalue weighted by molar-refractivity contribution is 7.61. The number of carbonyl (C=O) groups excluding carboxylic acids is 2. The number of phosphoric ester groups is 2. The summed E-state index contributed by atoms with van der Waals surface area (Å²) in [6, 6.07) is 1.24. The van der Waals surface area contributed by atoms with Crippen molar-refractivity contribution in [3.8, 4) is 0 Å². The Hall–Kier alpha value is -3.32. The fourth-order valence-electron chi connectivity index (χ4n) is 7.89. The topological polar surface area (TPSA) is 286 Å². The van der Waals surface area contributed by atoms with Crippen LogP contribution in [0.4, 0.5) is 5.82 Å². The van der Waals surface area contributed by atoms with E-state index in [1.807, 2.05) is 36.5 Å². The lowest BCUT2D eigenvalue weighted by Gasteiger charge is -2.21. The van der Waals surface area contributed by atoms with E-state index >= 15 is 0 Å². The molecule has 0 radical (unpaired) electrons. The highest BCUT2D eigenvalue weighted by Crippen LogP contribution is 2.60. The fourth-order valence-corrected chi connectivity index (χ4v) is 10.0. The van der Waals surface area contributed by atoms with Crippen LogP contribution >= 0.6 is 15.6 Å². The van der Waals surface area contributed by atoms with E-state index in [0.29, 0.717) is 32.1 Å². The summed E-state index contributed by atoms with van der Waals surface area (Å²) in [6.45, 7) is 4.36. The summed E-state index contributed by atoms with van der Waals surface area (Å²) in [5.41, 5.74) is 4.58. The van der Waals surface area contributed by atoms with Gasteiger partial charge in [0.05, 0.1) is 19.3 Å². The van der Waals surface area contributed by atoms with Gasteiger partial charge in [-0.3, -0.25) is 23.2 Å². The van der Waals surface area contributed by atoms with Crippen LogP contribution in [-0.4, -0.2) is 96.9 Å². The number of nitrogens with two attached hydrogens (primary N) is 1. The average Bonchev–Trinajstić information content (AvgIpc) is 3.63. The Balaban J connectivity index is 1.82. The first-order valence-corrected chi connectivity index (χ1v) is 30.1. The lowest BCUT2D eigenvalue weighted by molar-refractivity contribution is -0.161. The number of nitrogen functional groups attached to an aromatic ring is 1. The first-order valence-electron chi connectivity index (χ1n) is 27.2. The normalized spacial score (nSPS) is 20.1.